The van der Waals surface area contributed by atoms with Crippen molar-refractivity contribution < 1.29 is 41.8 Å². The second-order valence-electron chi connectivity index (χ2n) is 9.66. The van der Waals surface area contributed by atoms with Crippen molar-refractivity contribution >= 4 is 23.2 Å². The lowest BCUT2D eigenvalue weighted by Gasteiger charge is -2.32. The van der Waals surface area contributed by atoms with Gasteiger partial charge in [0.25, 0.3) is 5.91 Å². The van der Waals surface area contributed by atoms with Crippen LogP contribution in [0.2, 0.25) is 0 Å². The summed E-state index contributed by atoms with van der Waals surface area (Å²) in [6.45, 7) is 5.76. The van der Waals surface area contributed by atoms with E-state index in [4.69, 9.17) is 28.8 Å². The Balaban J connectivity index is 0.000000493. The number of amides is 1. The molecule has 1 aliphatic carbocycles. The zero-order valence-corrected chi connectivity index (χ0v) is 22.6. The van der Waals surface area contributed by atoms with Gasteiger partial charge in [-0.1, -0.05) is 0 Å². The summed E-state index contributed by atoms with van der Waals surface area (Å²) in [6.07, 6.45) is 3.91. The van der Waals surface area contributed by atoms with Crippen molar-refractivity contribution in [3.63, 3.8) is 0 Å². The quantitative estimate of drug-likeness (QED) is 0.302. The van der Waals surface area contributed by atoms with Gasteiger partial charge >= 0.3 is 12.1 Å². The van der Waals surface area contributed by atoms with E-state index >= 15 is 0 Å². The highest BCUT2D eigenvalue weighted by Gasteiger charge is 2.38. The highest BCUT2D eigenvalue weighted by atomic mass is 19.4. The zero-order valence-electron chi connectivity index (χ0n) is 22.6. The molecule has 0 radical (unpaired) electrons. The first-order valence-corrected chi connectivity index (χ1v) is 12.6. The molecule has 1 aliphatic rings. The number of hydrogen-bond acceptors (Lipinski definition) is 8. The van der Waals surface area contributed by atoms with E-state index in [1.54, 1.807) is 19.4 Å². The maximum Gasteiger partial charge on any atom is 0.490 e. The number of hydrogen-bond donors (Lipinski definition) is 2. The molecule has 0 aromatic carbocycles. The largest absolute Gasteiger partial charge is 0.490 e. The number of imidazole rings is 1. The van der Waals surface area contributed by atoms with E-state index in [0.29, 0.717) is 29.3 Å². The van der Waals surface area contributed by atoms with Crippen LogP contribution in [-0.4, -0.2) is 61.8 Å². The molecule has 5 rings (SSSR count). The third-order valence-corrected chi connectivity index (χ3v) is 6.15. The number of alkyl halides is 3. The Bertz CT molecular complexity index is 1540. The molecule has 0 unspecified atom stereocenters. The molecule has 41 heavy (non-hydrogen) atoms. The molecule has 14 heteroatoms. The standard InChI is InChI=1S/C25H27N5O4.C2HF3O2/c1-14(2)34-22-10-23-27-19(17-8-18(9-17)32-4)11-30(23)12-20(22)28-24(31)21-13-33-25(29-21)16-5-6-26-15(3)7-16;3-2(4,5)1(6)7/h5-7,10-14,17-18H,8-9H2,1-4H3,(H,28,31);(H,6,7). The minimum absolute atomic E-state index is 0.0739. The molecule has 0 atom stereocenters. The number of nitrogens with zero attached hydrogens (tertiary/aromatic N) is 4. The van der Waals surface area contributed by atoms with Crippen LogP contribution in [0.1, 0.15) is 54.5 Å². The molecular formula is C27H28F3N5O6. The van der Waals surface area contributed by atoms with E-state index in [0.717, 1.165) is 35.4 Å². The van der Waals surface area contributed by atoms with Crippen LogP contribution in [0.3, 0.4) is 0 Å². The SMILES string of the molecule is COC1CC(c2cn3cc(NC(=O)c4coc(-c5ccnc(C)c5)n4)c(OC(C)C)cc3n2)C1.O=C(O)C(F)(F)F. The van der Waals surface area contributed by atoms with Gasteiger partial charge in [-0.25, -0.2) is 14.8 Å². The second-order valence-corrected chi connectivity index (χ2v) is 9.66. The van der Waals surface area contributed by atoms with Gasteiger partial charge in [0.1, 0.15) is 23.3 Å². The van der Waals surface area contributed by atoms with Crippen LogP contribution in [-0.2, 0) is 9.53 Å². The first-order valence-electron chi connectivity index (χ1n) is 12.6. The summed E-state index contributed by atoms with van der Waals surface area (Å²) < 4.78 is 50.6. The fourth-order valence-corrected chi connectivity index (χ4v) is 4.05. The van der Waals surface area contributed by atoms with Crippen molar-refractivity contribution in [1.82, 2.24) is 19.4 Å². The first kappa shape index (κ1) is 29.5. The van der Waals surface area contributed by atoms with E-state index in [1.165, 1.54) is 6.26 Å². The molecule has 2 N–H and O–H groups in total. The Morgan fingerprint density at radius 1 is 1.20 bits per heavy atom. The van der Waals surface area contributed by atoms with Crippen molar-refractivity contribution in [3.05, 3.63) is 60.1 Å². The van der Waals surface area contributed by atoms with Gasteiger partial charge in [-0.05, 0) is 45.7 Å². The molecule has 0 aliphatic heterocycles. The predicted molar refractivity (Wildman–Crippen MR) is 140 cm³/mol. The summed E-state index contributed by atoms with van der Waals surface area (Å²) in [5.41, 5.74) is 4.08. The minimum atomic E-state index is -5.08. The number of aliphatic carboxylic acids is 1. The number of anilines is 1. The highest BCUT2D eigenvalue weighted by Crippen LogP contribution is 2.38. The van der Waals surface area contributed by atoms with Crippen LogP contribution in [0, 0.1) is 6.92 Å². The Morgan fingerprint density at radius 3 is 2.51 bits per heavy atom. The van der Waals surface area contributed by atoms with E-state index in [9.17, 15) is 18.0 Å². The molecule has 0 bridgehead atoms. The van der Waals surface area contributed by atoms with Crippen LogP contribution in [0.25, 0.3) is 17.1 Å². The van der Waals surface area contributed by atoms with E-state index in [1.807, 2.05) is 49.7 Å². The fourth-order valence-electron chi connectivity index (χ4n) is 4.05. The molecule has 4 aromatic rings. The molecular weight excluding hydrogens is 547 g/mol. The van der Waals surface area contributed by atoms with Crippen molar-refractivity contribution in [2.45, 2.75) is 57.9 Å². The van der Waals surface area contributed by atoms with Crippen LogP contribution >= 0.6 is 0 Å². The highest BCUT2D eigenvalue weighted by molar-refractivity contribution is 6.03. The zero-order chi connectivity index (χ0) is 29.9. The summed E-state index contributed by atoms with van der Waals surface area (Å²) in [7, 11) is 1.74. The van der Waals surface area contributed by atoms with Gasteiger partial charge in [0.15, 0.2) is 5.69 Å². The number of oxazole rings is 1. The lowest BCUT2D eigenvalue weighted by atomic mass is 9.80. The third-order valence-electron chi connectivity index (χ3n) is 6.15. The van der Waals surface area contributed by atoms with E-state index in [-0.39, 0.29) is 11.8 Å². The average Bonchev–Trinajstić information content (AvgIpc) is 3.50. The topological polar surface area (TPSA) is 141 Å². The van der Waals surface area contributed by atoms with Crippen molar-refractivity contribution in [2.24, 2.45) is 0 Å². The van der Waals surface area contributed by atoms with Crippen molar-refractivity contribution in [2.75, 3.05) is 12.4 Å². The van der Waals surface area contributed by atoms with Gasteiger partial charge in [-0.2, -0.15) is 13.2 Å². The minimum Gasteiger partial charge on any atom is -0.489 e. The van der Waals surface area contributed by atoms with Gasteiger partial charge in [0.2, 0.25) is 5.89 Å². The normalized spacial score (nSPS) is 16.6. The molecule has 1 fully saturated rings. The molecule has 1 amide bonds. The molecule has 1 saturated carbocycles. The Labute approximate surface area is 232 Å². The summed E-state index contributed by atoms with van der Waals surface area (Å²) in [5.74, 6) is -1.87. The number of carbonyl (C=O) groups excluding carboxylic acids is 1. The Hall–Kier alpha value is -4.46. The number of nitrogens with one attached hydrogen (secondary N) is 1. The molecule has 0 saturated heterocycles. The molecule has 0 spiro atoms. The molecule has 4 aromatic heterocycles. The number of fused-ring (bicyclic) bond motifs is 1. The van der Waals surface area contributed by atoms with Crippen LogP contribution in [0.5, 0.6) is 5.75 Å². The Morgan fingerprint density at radius 2 is 1.90 bits per heavy atom. The summed E-state index contributed by atoms with van der Waals surface area (Å²) in [5, 5.41) is 10.0. The Kier molecular flexibility index (Phi) is 8.61. The number of aromatic nitrogens is 4. The predicted octanol–water partition coefficient (Wildman–Crippen LogP) is 5.26. The number of aryl methyl sites for hydroxylation is 1. The van der Waals surface area contributed by atoms with Crippen LogP contribution in [0.4, 0.5) is 18.9 Å². The number of carbonyl (C=O) groups is 2. The van der Waals surface area contributed by atoms with E-state index in [2.05, 4.69) is 15.3 Å². The van der Waals surface area contributed by atoms with E-state index < -0.39 is 18.1 Å². The monoisotopic (exact) mass is 575 g/mol. The van der Waals surface area contributed by atoms with Gasteiger partial charge in [0, 0.05) is 48.9 Å². The van der Waals surface area contributed by atoms with Crippen molar-refractivity contribution in [3.8, 4) is 17.2 Å². The lowest BCUT2D eigenvalue weighted by Crippen LogP contribution is -2.28. The number of rotatable bonds is 7. The fraction of sp³-hybridized carbons (Fsp3) is 0.370. The van der Waals surface area contributed by atoms with Crippen LogP contribution in [0.15, 0.2) is 47.5 Å². The van der Waals surface area contributed by atoms with Crippen molar-refractivity contribution in [1.29, 1.82) is 0 Å². The van der Waals surface area contributed by atoms with Gasteiger partial charge in [-0.3, -0.25) is 9.78 Å². The second kappa shape index (κ2) is 12.0. The van der Waals surface area contributed by atoms with Gasteiger partial charge < -0.3 is 28.7 Å². The number of methoxy groups -OCH3 is 1. The maximum absolute atomic E-state index is 13.0. The third kappa shape index (κ3) is 7.20. The van der Waals surface area contributed by atoms with Crippen LogP contribution < -0.4 is 10.1 Å². The first-order chi connectivity index (χ1) is 19.3. The molecule has 4 heterocycles. The number of pyridine rings is 2. The number of halogens is 3. The summed E-state index contributed by atoms with van der Waals surface area (Å²) in [4.78, 5) is 35.2. The molecule has 11 nitrogen and oxygen atoms in total. The molecule has 218 valence electrons. The number of carboxylic acids is 1. The average molecular weight is 576 g/mol. The summed E-state index contributed by atoms with van der Waals surface area (Å²) >= 11 is 0. The number of ether oxygens (including phenoxy) is 2. The van der Waals surface area contributed by atoms with Gasteiger partial charge in [-0.15, -0.1) is 0 Å². The maximum atomic E-state index is 13.0. The lowest BCUT2D eigenvalue weighted by molar-refractivity contribution is -0.192. The smallest absolute Gasteiger partial charge is 0.489 e. The number of carboxylic acid groups (broad SMARTS) is 1. The van der Waals surface area contributed by atoms with Gasteiger partial charge in [0.05, 0.1) is 17.9 Å². The summed E-state index contributed by atoms with van der Waals surface area (Å²) in [6, 6.07) is 5.49.